The van der Waals surface area contributed by atoms with E-state index in [9.17, 15) is 14.4 Å². The fourth-order valence-corrected chi connectivity index (χ4v) is 4.10. The van der Waals surface area contributed by atoms with Crippen molar-refractivity contribution in [3.63, 3.8) is 0 Å². The number of rotatable bonds is 9. The van der Waals surface area contributed by atoms with Gasteiger partial charge in [0.25, 0.3) is 5.91 Å². The van der Waals surface area contributed by atoms with Crippen LogP contribution >= 0.6 is 0 Å². The number of nitrogens with one attached hydrogen (secondary N) is 3. The molecule has 1 aromatic heterocycles. The summed E-state index contributed by atoms with van der Waals surface area (Å²) in [5.74, 6) is 0.562. The zero-order chi connectivity index (χ0) is 24.5. The Hall–Kier alpha value is -3.29. The van der Waals surface area contributed by atoms with Crippen molar-refractivity contribution in [2.24, 2.45) is 11.8 Å². The number of carbonyl (C=O) groups excluding carboxylic acids is 3. The smallest absolute Gasteiger partial charge is 0.407 e. The summed E-state index contributed by atoms with van der Waals surface area (Å²) in [5, 5.41) is 8.26. The van der Waals surface area contributed by atoms with Gasteiger partial charge in [-0.2, -0.15) is 0 Å². The van der Waals surface area contributed by atoms with Gasteiger partial charge in [-0.1, -0.05) is 57.4 Å². The van der Waals surface area contributed by atoms with Crippen LogP contribution in [-0.4, -0.2) is 37.6 Å². The monoisotopic (exact) mass is 469 g/mol. The molecule has 1 aromatic carbocycles. The lowest BCUT2D eigenvalue weighted by atomic mass is 9.83. The lowest BCUT2D eigenvalue weighted by molar-refractivity contribution is -0.124. The topological polar surface area (TPSA) is 110 Å². The Labute approximate surface area is 200 Å². The molecule has 3 N–H and O–H groups in total. The van der Waals surface area contributed by atoms with Gasteiger partial charge in [0.2, 0.25) is 5.91 Å². The van der Waals surface area contributed by atoms with Crippen molar-refractivity contribution in [3.8, 4) is 11.3 Å². The highest BCUT2D eigenvalue weighted by atomic mass is 16.5. The van der Waals surface area contributed by atoms with Gasteiger partial charge < -0.3 is 25.1 Å². The molecule has 0 bridgehead atoms. The van der Waals surface area contributed by atoms with E-state index in [1.165, 1.54) is 6.42 Å². The van der Waals surface area contributed by atoms with Crippen LogP contribution < -0.4 is 16.0 Å². The van der Waals surface area contributed by atoms with E-state index >= 15 is 0 Å². The number of amides is 3. The lowest BCUT2D eigenvalue weighted by Gasteiger charge is -2.29. The van der Waals surface area contributed by atoms with Crippen molar-refractivity contribution in [3.05, 3.63) is 47.7 Å². The minimum Gasteiger partial charge on any atom is -0.451 e. The minimum atomic E-state index is -0.564. The van der Waals surface area contributed by atoms with E-state index in [4.69, 9.17) is 9.15 Å². The second-order valence-electron chi connectivity index (χ2n) is 9.17. The number of likely N-dealkylation sites (N-methyl/N-ethyl adjacent to an activating group) is 1. The first-order valence-corrected chi connectivity index (χ1v) is 12.0. The number of furan rings is 1. The van der Waals surface area contributed by atoms with Crippen LogP contribution in [0, 0.1) is 11.8 Å². The highest BCUT2D eigenvalue weighted by molar-refractivity contribution is 5.96. The van der Waals surface area contributed by atoms with Gasteiger partial charge in [0.05, 0.1) is 6.61 Å². The molecular formula is C26H35N3O5. The van der Waals surface area contributed by atoms with Gasteiger partial charge in [-0.05, 0) is 42.4 Å². The van der Waals surface area contributed by atoms with Crippen LogP contribution in [0.25, 0.3) is 11.3 Å². The third-order valence-electron chi connectivity index (χ3n) is 5.99. The molecule has 0 radical (unpaired) electrons. The molecule has 8 heteroatoms. The van der Waals surface area contributed by atoms with Gasteiger partial charge in [0, 0.05) is 19.2 Å². The average Bonchev–Trinajstić information content (AvgIpc) is 3.35. The van der Waals surface area contributed by atoms with Gasteiger partial charge in [0.15, 0.2) is 5.76 Å². The Morgan fingerprint density at radius 2 is 1.74 bits per heavy atom. The van der Waals surface area contributed by atoms with Crippen molar-refractivity contribution < 1.29 is 23.5 Å². The molecular weight excluding hydrogens is 434 g/mol. The number of alkyl carbamates (subject to hydrolysis) is 1. The molecule has 1 fully saturated rings. The average molecular weight is 470 g/mol. The number of carbonyl (C=O) groups is 3. The van der Waals surface area contributed by atoms with E-state index in [1.807, 2.05) is 38.1 Å². The minimum absolute atomic E-state index is 0.135. The molecule has 1 aliphatic rings. The number of hydrogen-bond acceptors (Lipinski definition) is 5. The summed E-state index contributed by atoms with van der Waals surface area (Å²) in [6, 6.07) is 10.3. The van der Waals surface area contributed by atoms with E-state index in [0.29, 0.717) is 18.9 Å². The predicted octanol–water partition coefficient (Wildman–Crippen LogP) is 4.25. The predicted molar refractivity (Wildman–Crippen MR) is 129 cm³/mol. The molecule has 3 rings (SSSR count). The van der Waals surface area contributed by atoms with Crippen LogP contribution in [0.5, 0.6) is 0 Å². The zero-order valence-corrected chi connectivity index (χ0v) is 20.2. The highest BCUT2D eigenvalue weighted by Crippen LogP contribution is 2.27. The van der Waals surface area contributed by atoms with E-state index in [-0.39, 0.29) is 23.5 Å². The first-order chi connectivity index (χ1) is 16.4. The molecule has 8 nitrogen and oxygen atoms in total. The van der Waals surface area contributed by atoms with E-state index in [1.54, 1.807) is 19.2 Å². The van der Waals surface area contributed by atoms with Gasteiger partial charge in [-0.25, -0.2) is 4.79 Å². The van der Waals surface area contributed by atoms with Crippen LogP contribution in [0.2, 0.25) is 0 Å². The van der Waals surface area contributed by atoms with Crippen LogP contribution in [0.1, 0.15) is 62.1 Å². The summed E-state index contributed by atoms with van der Waals surface area (Å²) in [6.07, 6.45) is 4.73. The standard InChI is InChI=1S/C26H35N3O5/c1-17(2)16-33-26(32)28-15-18-9-11-19(12-10-18)21-13-14-22(34-21)24(30)29-23(25(31)27-3)20-7-5-4-6-8-20/h9-14,17,20,23H,4-8,15-16H2,1-3H3,(H,27,31)(H,28,32)(H,29,30)/t23-/m0/s1. The Morgan fingerprint density at radius 3 is 2.38 bits per heavy atom. The largest absolute Gasteiger partial charge is 0.451 e. The van der Waals surface area contributed by atoms with Crippen LogP contribution in [0.3, 0.4) is 0 Å². The van der Waals surface area contributed by atoms with Gasteiger partial charge in [0.1, 0.15) is 11.8 Å². The van der Waals surface area contributed by atoms with Gasteiger partial charge in [-0.15, -0.1) is 0 Å². The summed E-state index contributed by atoms with van der Waals surface area (Å²) in [7, 11) is 1.59. The fourth-order valence-electron chi connectivity index (χ4n) is 4.10. The second-order valence-corrected chi connectivity index (χ2v) is 9.17. The van der Waals surface area contributed by atoms with E-state index in [2.05, 4.69) is 16.0 Å². The van der Waals surface area contributed by atoms with E-state index < -0.39 is 18.0 Å². The molecule has 1 saturated carbocycles. The summed E-state index contributed by atoms with van der Waals surface area (Å²) >= 11 is 0. The molecule has 34 heavy (non-hydrogen) atoms. The molecule has 2 aromatic rings. The van der Waals surface area contributed by atoms with Crippen LogP contribution in [0.15, 0.2) is 40.8 Å². The third kappa shape index (κ3) is 7.10. The molecule has 0 unspecified atom stereocenters. The van der Waals surface area contributed by atoms with Crippen molar-refractivity contribution in [2.75, 3.05) is 13.7 Å². The first-order valence-electron chi connectivity index (χ1n) is 12.0. The molecule has 1 heterocycles. The number of hydrogen-bond donors (Lipinski definition) is 3. The molecule has 1 atom stereocenters. The summed E-state index contributed by atoms with van der Waals surface area (Å²) in [4.78, 5) is 36.9. The van der Waals surface area contributed by atoms with Crippen molar-refractivity contribution in [2.45, 2.75) is 58.5 Å². The Bertz CT molecular complexity index is 961. The first kappa shape index (κ1) is 25.3. The molecule has 1 aliphatic carbocycles. The number of benzene rings is 1. The molecule has 0 saturated heterocycles. The van der Waals surface area contributed by atoms with Crippen LogP contribution in [0.4, 0.5) is 4.79 Å². The Morgan fingerprint density at radius 1 is 1.03 bits per heavy atom. The summed E-state index contributed by atoms with van der Waals surface area (Å²) in [5.41, 5.74) is 1.72. The quantitative estimate of drug-likeness (QED) is 0.509. The molecule has 3 amide bonds. The van der Waals surface area contributed by atoms with E-state index in [0.717, 1.165) is 36.8 Å². The lowest BCUT2D eigenvalue weighted by Crippen LogP contribution is -2.50. The SMILES string of the molecule is CNC(=O)[C@@H](NC(=O)c1ccc(-c2ccc(CNC(=O)OCC(C)C)cc2)o1)C1CCCCC1. The Kier molecular flexibility index (Phi) is 9.13. The maximum absolute atomic E-state index is 12.8. The summed E-state index contributed by atoms with van der Waals surface area (Å²) in [6.45, 7) is 4.69. The molecule has 0 spiro atoms. The van der Waals surface area contributed by atoms with Gasteiger partial charge >= 0.3 is 6.09 Å². The molecule has 0 aliphatic heterocycles. The highest BCUT2D eigenvalue weighted by Gasteiger charge is 2.31. The van der Waals surface area contributed by atoms with Crippen molar-refractivity contribution in [1.29, 1.82) is 0 Å². The van der Waals surface area contributed by atoms with Crippen molar-refractivity contribution >= 4 is 17.9 Å². The van der Waals surface area contributed by atoms with Crippen molar-refractivity contribution in [1.82, 2.24) is 16.0 Å². The maximum Gasteiger partial charge on any atom is 0.407 e. The number of ether oxygens (including phenoxy) is 1. The third-order valence-corrected chi connectivity index (χ3v) is 5.99. The maximum atomic E-state index is 12.8. The molecule has 184 valence electrons. The summed E-state index contributed by atoms with van der Waals surface area (Å²) < 4.78 is 10.9. The van der Waals surface area contributed by atoms with Crippen LogP contribution in [-0.2, 0) is 16.1 Å². The van der Waals surface area contributed by atoms with Gasteiger partial charge in [-0.3, -0.25) is 9.59 Å². The fraction of sp³-hybridized carbons (Fsp3) is 0.500. The normalized spacial score (nSPS) is 14.9. The zero-order valence-electron chi connectivity index (χ0n) is 20.2. The Balaban J connectivity index is 1.58. The second kappa shape index (κ2) is 12.3.